The van der Waals surface area contributed by atoms with Crippen LogP contribution < -0.4 is 9.47 Å². The van der Waals surface area contributed by atoms with E-state index >= 15 is 0 Å². The predicted molar refractivity (Wildman–Crippen MR) is 83.5 cm³/mol. The number of nitriles is 1. The largest absolute Gasteiger partial charge is 0.487 e. The lowest BCUT2D eigenvalue weighted by Crippen LogP contribution is -2.15. The second-order valence-electron chi connectivity index (χ2n) is 5.13. The Hall–Kier alpha value is -2.30. The van der Waals surface area contributed by atoms with Crippen LogP contribution in [0.2, 0.25) is 0 Å². The first-order chi connectivity index (χ1) is 11.4. The van der Waals surface area contributed by atoms with E-state index in [0.29, 0.717) is 62.4 Å². The van der Waals surface area contributed by atoms with Crippen molar-refractivity contribution in [3.05, 3.63) is 17.7 Å². The zero-order valence-electron chi connectivity index (χ0n) is 12.9. The van der Waals surface area contributed by atoms with E-state index in [4.69, 9.17) is 18.9 Å². The number of fused-ring (bicyclic) bond motifs is 1. The van der Waals surface area contributed by atoms with Crippen LogP contribution in [0.15, 0.2) is 17.1 Å². The molecule has 0 bridgehead atoms. The van der Waals surface area contributed by atoms with E-state index in [1.165, 1.54) is 0 Å². The Morgan fingerprint density at radius 3 is 2.17 bits per heavy atom. The minimum atomic E-state index is 0.387. The summed E-state index contributed by atoms with van der Waals surface area (Å²) in [4.78, 5) is 6.41. The Morgan fingerprint density at radius 2 is 1.57 bits per heavy atom. The molecule has 122 valence electrons. The summed E-state index contributed by atoms with van der Waals surface area (Å²) < 4.78 is 22.2. The Bertz CT molecular complexity index is 608. The molecule has 7 nitrogen and oxygen atoms in total. The van der Waals surface area contributed by atoms with E-state index in [1.54, 1.807) is 18.5 Å². The van der Waals surface area contributed by atoms with Crippen LogP contribution in [0.1, 0.15) is 5.56 Å². The Kier molecular flexibility index (Phi) is 5.29. The average Bonchev–Trinajstić information content (AvgIpc) is 3.38. The normalized spacial score (nSPS) is 18.8. The molecule has 0 aromatic heterocycles. The quantitative estimate of drug-likeness (QED) is 0.465. The second kappa shape index (κ2) is 7.81. The number of nitrogens with zero attached hydrogens (tertiary/aromatic N) is 3. The van der Waals surface area contributed by atoms with Crippen molar-refractivity contribution in [2.24, 2.45) is 4.99 Å². The van der Waals surface area contributed by atoms with Gasteiger partial charge in [0.2, 0.25) is 0 Å². The van der Waals surface area contributed by atoms with E-state index in [2.05, 4.69) is 11.1 Å². The fourth-order valence-corrected chi connectivity index (χ4v) is 2.03. The molecule has 2 aliphatic heterocycles. The van der Waals surface area contributed by atoms with Gasteiger partial charge in [0.25, 0.3) is 0 Å². The molecular formula is C16H19N3O4. The Labute approximate surface area is 135 Å². The van der Waals surface area contributed by atoms with E-state index in [1.807, 2.05) is 4.90 Å². The highest BCUT2D eigenvalue weighted by Gasteiger charge is 2.15. The maximum atomic E-state index is 9.33. The van der Waals surface area contributed by atoms with E-state index in [0.717, 1.165) is 13.1 Å². The van der Waals surface area contributed by atoms with Crippen LogP contribution in [-0.2, 0) is 9.47 Å². The molecule has 0 unspecified atom stereocenters. The molecule has 23 heavy (non-hydrogen) atoms. The van der Waals surface area contributed by atoms with Gasteiger partial charge < -0.3 is 23.8 Å². The van der Waals surface area contributed by atoms with E-state index in [9.17, 15) is 5.26 Å². The van der Waals surface area contributed by atoms with Crippen molar-refractivity contribution in [1.29, 1.82) is 5.26 Å². The van der Waals surface area contributed by atoms with Gasteiger partial charge in [-0.3, -0.25) is 0 Å². The summed E-state index contributed by atoms with van der Waals surface area (Å²) >= 11 is 0. The highest BCUT2D eigenvalue weighted by molar-refractivity contribution is 5.69. The molecule has 2 heterocycles. The molecule has 0 atom stereocenters. The van der Waals surface area contributed by atoms with Gasteiger partial charge in [0.05, 0.1) is 44.0 Å². The van der Waals surface area contributed by atoms with Crippen molar-refractivity contribution in [1.82, 2.24) is 4.90 Å². The van der Waals surface area contributed by atoms with Crippen LogP contribution in [0.3, 0.4) is 0 Å². The number of benzene rings is 1. The van der Waals surface area contributed by atoms with Gasteiger partial charge >= 0.3 is 0 Å². The van der Waals surface area contributed by atoms with Crippen molar-refractivity contribution < 1.29 is 18.9 Å². The standard InChI is InChI=1S/C16H19N3O4/c17-11-13-9-15-16(10-14(13)18-12-19-1-2-19)23-8-6-21-4-3-20-5-7-22-15/h9-10,12H,1-8H2. The topological polar surface area (TPSA) is 76.1 Å². The minimum absolute atomic E-state index is 0.387. The van der Waals surface area contributed by atoms with Crippen LogP contribution in [-0.4, -0.2) is 64.0 Å². The third-order valence-corrected chi connectivity index (χ3v) is 3.37. The molecule has 1 saturated heterocycles. The van der Waals surface area contributed by atoms with Gasteiger partial charge in [-0.15, -0.1) is 0 Å². The number of hydrogen-bond donors (Lipinski definition) is 0. The number of aliphatic imine (C=N–C) groups is 1. The summed E-state index contributed by atoms with van der Waals surface area (Å²) in [6.45, 7) is 4.79. The highest BCUT2D eigenvalue weighted by atomic mass is 16.6. The lowest BCUT2D eigenvalue weighted by molar-refractivity contribution is 0.0223. The fourth-order valence-electron chi connectivity index (χ4n) is 2.03. The van der Waals surface area contributed by atoms with Crippen LogP contribution >= 0.6 is 0 Å². The molecule has 0 N–H and O–H groups in total. The summed E-state index contributed by atoms with van der Waals surface area (Å²) in [6.07, 6.45) is 1.75. The first kappa shape index (κ1) is 15.6. The first-order valence-corrected chi connectivity index (χ1v) is 7.64. The number of rotatable bonds is 2. The summed E-state index contributed by atoms with van der Waals surface area (Å²) in [5.41, 5.74) is 1.03. The molecule has 1 aromatic carbocycles. The summed E-state index contributed by atoms with van der Waals surface area (Å²) in [7, 11) is 0. The van der Waals surface area contributed by atoms with Gasteiger partial charge in [0, 0.05) is 25.2 Å². The average molecular weight is 317 g/mol. The van der Waals surface area contributed by atoms with Gasteiger partial charge in [-0.1, -0.05) is 0 Å². The van der Waals surface area contributed by atoms with Gasteiger partial charge in [-0.05, 0) is 0 Å². The SMILES string of the molecule is N#Cc1cc2c(cc1N=CN1CC1)OCCOCCOCCO2. The van der Waals surface area contributed by atoms with Gasteiger partial charge in [0.15, 0.2) is 11.5 Å². The van der Waals surface area contributed by atoms with Crippen molar-refractivity contribution >= 4 is 12.0 Å². The third-order valence-electron chi connectivity index (χ3n) is 3.37. The van der Waals surface area contributed by atoms with Crippen LogP contribution in [0, 0.1) is 11.3 Å². The Morgan fingerprint density at radius 1 is 0.957 bits per heavy atom. The first-order valence-electron chi connectivity index (χ1n) is 7.64. The summed E-state index contributed by atoms with van der Waals surface area (Å²) in [5, 5.41) is 9.33. The van der Waals surface area contributed by atoms with Gasteiger partial charge in [-0.25, -0.2) is 4.99 Å². The van der Waals surface area contributed by atoms with E-state index in [-0.39, 0.29) is 0 Å². The molecular weight excluding hydrogens is 298 g/mol. The fraction of sp³-hybridized carbons (Fsp3) is 0.500. The lowest BCUT2D eigenvalue weighted by Gasteiger charge is -2.16. The smallest absolute Gasteiger partial charge is 0.163 e. The van der Waals surface area contributed by atoms with Gasteiger partial charge in [0.1, 0.15) is 19.3 Å². The molecule has 7 heteroatoms. The monoisotopic (exact) mass is 317 g/mol. The van der Waals surface area contributed by atoms with Crippen LogP contribution in [0.4, 0.5) is 5.69 Å². The van der Waals surface area contributed by atoms with Crippen molar-refractivity contribution in [3.63, 3.8) is 0 Å². The zero-order valence-corrected chi connectivity index (χ0v) is 12.9. The Balaban J connectivity index is 1.82. The van der Waals surface area contributed by atoms with Crippen molar-refractivity contribution in [2.75, 3.05) is 52.7 Å². The number of ether oxygens (including phenoxy) is 4. The van der Waals surface area contributed by atoms with Crippen LogP contribution in [0.25, 0.3) is 0 Å². The third kappa shape index (κ3) is 4.58. The van der Waals surface area contributed by atoms with Crippen molar-refractivity contribution in [3.8, 4) is 17.6 Å². The highest BCUT2D eigenvalue weighted by Crippen LogP contribution is 2.35. The van der Waals surface area contributed by atoms with Crippen molar-refractivity contribution in [2.45, 2.75) is 0 Å². The molecule has 2 aliphatic rings. The maximum absolute atomic E-state index is 9.33. The molecule has 0 radical (unpaired) electrons. The number of hydrogen-bond acceptors (Lipinski definition) is 6. The van der Waals surface area contributed by atoms with Crippen LogP contribution in [0.5, 0.6) is 11.5 Å². The van der Waals surface area contributed by atoms with Gasteiger partial charge in [-0.2, -0.15) is 5.26 Å². The molecule has 0 aliphatic carbocycles. The zero-order chi connectivity index (χ0) is 15.9. The summed E-state index contributed by atoms with van der Waals surface area (Å²) in [6, 6.07) is 5.55. The molecule has 0 saturated carbocycles. The molecule has 0 spiro atoms. The lowest BCUT2D eigenvalue weighted by atomic mass is 10.1. The maximum Gasteiger partial charge on any atom is 0.163 e. The minimum Gasteiger partial charge on any atom is -0.487 e. The molecule has 3 rings (SSSR count). The predicted octanol–water partition coefficient (Wildman–Crippen LogP) is 1.34. The van der Waals surface area contributed by atoms with E-state index < -0.39 is 0 Å². The molecule has 1 fully saturated rings. The second-order valence-corrected chi connectivity index (χ2v) is 5.13. The molecule has 1 aromatic rings. The summed E-state index contributed by atoms with van der Waals surface area (Å²) in [5.74, 6) is 1.09. The molecule has 0 amide bonds.